The molecule has 0 radical (unpaired) electrons. The number of rotatable bonds is 1. The minimum atomic E-state index is 0. The number of carbonyl (C=O) groups is 1. The molecular weight excluding hydrogens is 226 g/mol. The smallest absolute Gasteiger partial charge is 0.308 e. The Balaban J connectivity index is -0.0000000800. The molecule has 2 nitrogen and oxygen atoms in total. The Labute approximate surface area is 64.0 Å². The summed E-state index contributed by atoms with van der Waals surface area (Å²) in [5, 5.41) is 0. The van der Waals surface area contributed by atoms with Gasteiger partial charge in [0.2, 0.25) is 0 Å². The molecule has 3 N–H and O–H groups in total. The molecule has 0 spiro atoms. The summed E-state index contributed by atoms with van der Waals surface area (Å²) in [6.07, 6.45) is 0.556. The second-order valence-corrected chi connectivity index (χ2v) is 0.892. The molecular formula is C3H8Br2NO-. The van der Waals surface area contributed by atoms with Gasteiger partial charge in [-0.3, -0.25) is 5.73 Å². The number of halogens is 2. The molecule has 7 heavy (non-hydrogen) atoms. The van der Waals surface area contributed by atoms with E-state index in [1.807, 2.05) is 0 Å². The van der Waals surface area contributed by atoms with Crippen molar-refractivity contribution < 1.29 is 44.5 Å². The molecule has 0 aromatic carbocycles. The van der Waals surface area contributed by atoms with E-state index in [4.69, 9.17) is 0 Å². The van der Waals surface area contributed by atoms with Gasteiger partial charge < -0.3 is 34.0 Å². The first-order valence-electron chi connectivity index (χ1n) is 1.62. The first-order valence-corrected chi connectivity index (χ1v) is 1.62. The van der Waals surface area contributed by atoms with Crippen LogP contribution < -0.4 is 39.7 Å². The summed E-state index contributed by atoms with van der Waals surface area (Å²) in [6, 6.07) is 0. The second-order valence-electron chi connectivity index (χ2n) is 0.892. The van der Waals surface area contributed by atoms with Crippen molar-refractivity contribution in [3.8, 4) is 0 Å². The Hall–Kier alpha value is 0.590. The van der Waals surface area contributed by atoms with Crippen molar-refractivity contribution in [3.05, 3.63) is 0 Å². The summed E-state index contributed by atoms with van der Waals surface area (Å²) in [5.74, 6) is 0.00463. The molecule has 0 bridgehead atoms. The van der Waals surface area contributed by atoms with E-state index in [-0.39, 0.29) is 39.9 Å². The molecule has 0 aliphatic carbocycles. The van der Waals surface area contributed by atoms with E-state index in [0.717, 1.165) is 0 Å². The van der Waals surface area contributed by atoms with Gasteiger partial charge in [0.05, 0.1) is 6.42 Å². The van der Waals surface area contributed by atoms with E-state index in [0.29, 0.717) is 6.42 Å². The highest BCUT2D eigenvalue weighted by Gasteiger charge is 1.83. The molecule has 0 aromatic rings. The monoisotopic (exact) mass is 232 g/mol. The van der Waals surface area contributed by atoms with E-state index in [1.54, 1.807) is 6.92 Å². The molecule has 0 atom stereocenters. The largest absolute Gasteiger partial charge is 1.00 e. The number of amides is 1. The number of hydrogen-bond donors (Lipinski definition) is 1. The molecule has 0 aliphatic heterocycles. The molecule has 1 amide bonds. The Morgan fingerprint density at radius 3 is 1.71 bits per heavy atom. The third-order valence-electron chi connectivity index (χ3n) is 0.394. The maximum Gasteiger partial charge on any atom is 0.308 e. The quantitative estimate of drug-likeness (QED) is 0.481. The maximum atomic E-state index is 9.70. The third kappa shape index (κ3) is 20.7. The lowest BCUT2D eigenvalue weighted by Crippen LogP contribution is -3.00. The van der Waals surface area contributed by atoms with Gasteiger partial charge in [-0.2, -0.15) is 0 Å². The van der Waals surface area contributed by atoms with Crippen molar-refractivity contribution in [2.45, 2.75) is 13.3 Å². The Morgan fingerprint density at radius 2 is 1.71 bits per heavy atom. The van der Waals surface area contributed by atoms with Crippen molar-refractivity contribution in [1.82, 2.24) is 0 Å². The fourth-order valence-corrected chi connectivity index (χ4v) is 0. The topological polar surface area (TPSA) is 44.7 Å². The van der Waals surface area contributed by atoms with Gasteiger partial charge in [-0.15, -0.1) is 0 Å². The van der Waals surface area contributed by atoms with Crippen LogP contribution in [0.3, 0.4) is 0 Å². The molecule has 0 saturated heterocycles. The number of quaternary nitrogens is 1. The predicted octanol–water partition coefficient (Wildman–Crippen LogP) is -6.83. The van der Waals surface area contributed by atoms with Crippen LogP contribution in [0.25, 0.3) is 0 Å². The van der Waals surface area contributed by atoms with Gasteiger partial charge in [0.25, 0.3) is 0 Å². The third-order valence-corrected chi connectivity index (χ3v) is 0.394. The van der Waals surface area contributed by atoms with Crippen LogP contribution in [0, 0.1) is 0 Å². The Kier molecular flexibility index (Phi) is 21.8. The minimum absolute atomic E-state index is 0. The number of carbonyl (C=O) groups excluding carboxylic acids is 1. The maximum absolute atomic E-state index is 9.70. The van der Waals surface area contributed by atoms with E-state index in [2.05, 4.69) is 5.73 Å². The van der Waals surface area contributed by atoms with Gasteiger partial charge in [-0.05, 0) is 0 Å². The van der Waals surface area contributed by atoms with Gasteiger partial charge in [-0.25, -0.2) is 4.79 Å². The van der Waals surface area contributed by atoms with Crippen LogP contribution in [0.4, 0.5) is 0 Å². The zero-order valence-electron chi connectivity index (χ0n) is 4.08. The zero-order valence-corrected chi connectivity index (χ0v) is 7.25. The lowest BCUT2D eigenvalue weighted by atomic mass is 10.5. The van der Waals surface area contributed by atoms with E-state index in [9.17, 15) is 4.79 Å². The van der Waals surface area contributed by atoms with Crippen molar-refractivity contribution in [1.29, 1.82) is 0 Å². The van der Waals surface area contributed by atoms with E-state index < -0.39 is 0 Å². The van der Waals surface area contributed by atoms with E-state index >= 15 is 0 Å². The highest BCUT2D eigenvalue weighted by molar-refractivity contribution is 5.63. The van der Waals surface area contributed by atoms with Crippen LogP contribution >= 0.6 is 0 Å². The first-order chi connectivity index (χ1) is 2.27. The Bertz CT molecular complexity index is 48.2. The van der Waals surface area contributed by atoms with Crippen LogP contribution in [-0.4, -0.2) is 5.91 Å². The first kappa shape index (κ1) is 15.6. The van der Waals surface area contributed by atoms with E-state index in [1.165, 1.54) is 0 Å². The summed E-state index contributed by atoms with van der Waals surface area (Å²) < 4.78 is 0. The van der Waals surface area contributed by atoms with Gasteiger partial charge in [-0.1, -0.05) is 6.92 Å². The summed E-state index contributed by atoms with van der Waals surface area (Å²) in [5.41, 5.74) is 3.12. The van der Waals surface area contributed by atoms with Gasteiger partial charge >= 0.3 is 5.91 Å². The molecule has 0 rings (SSSR count). The normalized spacial score (nSPS) is 5.43. The summed E-state index contributed by atoms with van der Waals surface area (Å²) >= 11 is 0. The van der Waals surface area contributed by atoms with Gasteiger partial charge in [0.15, 0.2) is 0 Å². The summed E-state index contributed by atoms with van der Waals surface area (Å²) in [6.45, 7) is 1.79. The van der Waals surface area contributed by atoms with Crippen LogP contribution in [0.2, 0.25) is 0 Å². The lowest BCUT2D eigenvalue weighted by molar-refractivity contribution is -0.305. The van der Waals surface area contributed by atoms with Crippen LogP contribution in [-0.2, 0) is 4.79 Å². The molecule has 0 aromatic heterocycles. The highest BCUT2D eigenvalue weighted by atomic mass is 79.9. The molecule has 0 heterocycles. The number of hydrogen-bond acceptors (Lipinski definition) is 1. The summed E-state index contributed by atoms with van der Waals surface area (Å²) in [7, 11) is 0. The molecule has 0 aliphatic rings. The SMILES string of the molecule is CCC([NH3+])=O.[Br-].[Br-]. The average molecular weight is 234 g/mol. The van der Waals surface area contributed by atoms with Gasteiger partial charge in [0.1, 0.15) is 0 Å². The van der Waals surface area contributed by atoms with Crippen LogP contribution in [0.5, 0.6) is 0 Å². The predicted molar refractivity (Wildman–Crippen MR) is 18.2 cm³/mol. The fourth-order valence-electron chi connectivity index (χ4n) is 0. The van der Waals surface area contributed by atoms with Crippen molar-refractivity contribution >= 4 is 5.91 Å². The fraction of sp³-hybridized carbons (Fsp3) is 0.667. The van der Waals surface area contributed by atoms with Gasteiger partial charge in [0, 0.05) is 0 Å². The second kappa shape index (κ2) is 9.77. The molecule has 4 heteroatoms. The lowest BCUT2D eigenvalue weighted by Gasteiger charge is -1.67. The highest BCUT2D eigenvalue weighted by Crippen LogP contribution is 1.60. The van der Waals surface area contributed by atoms with Crippen molar-refractivity contribution in [2.24, 2.45) is 0 Å². The standard InChI is InChI=1S/C3H7NO.2BrH/c1-2-3(4)5;;/h2H2,1H3,(H2,4,5);2*1H/p-1. The molecule has 0 fully saturated rings. The Morgan fingerprint density at radius 1 is 1.57 bits per heavy atom. The van der Waals surface area contributed by atoms with Crippen molar-refractivity contribution in [3.63, 3.8) is 0 Å². The zero-order chi connectivity index (χ0) is 4.28. The van der Waals surface area contributed by atoms with Crippen LogP contribution in [0.15, 0.2) is 0 Å². The molecule has 0 unspecified atom stereocenters. The minimum Gasteiger partial charge on any atom is -1.00 e. The summed E-state index contributed by atoms with van der Waals surface area (Å²) in [4.78, 5) is 9.70. The van der Waals surface area contributed by atoms with Crippen molar-refractivity contribution in [2.75, 3.05) is 0 Å². The van der Waals surface area contributed by atoms with Crippen LogP contribution in [0.1, 0.15) is 13.3 Å². The molecule has 46 valence electrons. The molecule has 0 saturated carbocycles. The average Bonchev–Trinajstić information content (AvgIpc) is 1.38.